The van der Waals surface area contributed by atoms with Crippen LogP contribution in [-0.2, 0) is 13.1 Å². The van der Waals surface area contributed by atoms with E-state index in [4.69, 9.17) is 16.7 Å². The monoisotopic (exact) mass is 365 g/mol. The van der Waals surface area contributed by atoms with Gasteiger partial charge in [0.1, 0.15) is 0 Å². The summed E-state index contributed by atoms with van der Waals surface area (Å²) in [7, 11) is -1.01. The van der Waals surface area contributed by atoms with Crippen LogP contribution in [0.4, 0.5) is 4.79 Å². The van der Waals surface area contributed by atoms with Crippen LogP contribution in [0.3, 0.4) is 0 Å². The Morgan fingerprint density at radius 1 is 1.33 bits per heavy atom. The Morgan fingerprint density at radius 3 is 2.75 bits per heavy atom. The molecule has 1 aromatic heterocycles. The molecular weight excluding hydrogens is 342 g/mol. The fourth-order valence-electron chi connectivity index (χ4n) is 2.45. The highest BCUT2D eigenvalue weighted by Gasteiger charge is 2.12. The van der Waals surface area contributed by atoms with E-state index in [-0.39, 0.29) is 6.54 Å². The highest BCUT2D eigenvalue weighted by atomic mass is 35.5. The number of carbonyl (C=O) groups is 1. The molecule has 0 spiro atoms. The van der Waals surface area contributed by atoms with Gasteiger partial charge >= 0.3 is 6.09 Å². The van der Waals surface area contributed by atoms with Crippen molar-refractivity contribution in [3.63, 3.8) is 0 Å². The first kappa shape index (κ1) is 18.5. The number of carboxylic acid groups (broad SMARTS) is 1. The molecule has 0 fully saturated rings. The van der Waals surface area contributed by atoms with E-state index in [1.807, 2.05) is 29.1 Å². The summed E-state index contributed by atoms with van der Waals surface area (Å²) in [5.74, 6) is 0. The number of rotatable bonds is 7. The minimum Gasteiger partial charge on any atom is -0.465 e. The molecule has 2 N–H and O–H groups in total. The van der Waals surface area contributed by atoms with Gasteiger partial charge in [-0.15, -0.1) is 0 Å². The molecule has 0 saturated carbocycles. The highest BCUT2D eigenvalue weighted by molar-refractivity contribution is 6.76. The third-order valence-corrected chi connectivity index (χ3v) is 5.95. The third-order valence-electron chi connectivity index (χ3n) is 3.73. The van der Waals surface area contributed by atoms with Gasteiger partial charge < -0.3 is 10.4 Å². The lowest BCUT2D eigenvalue weighted by Crippen LogP contribution is -2.20. The molecule has 0 radical (unpaired) electrons. The number of nitrogens with zero attached hydrogens (tertiary/aromatic N) is 2. The second kappa shape index (κ2) is 7.85. The van der Waals surface area contributed by atoms with Gasteiger partial charge in [0.25, 0.3) is 0 Å². The van der Waals surface area contributed by atoms with E-state index in [1.165, 1.54) is 6.04 Å². The molecule has 2 aromatic rings. The van der Waals surface area contributed by atoms with E-state index in [9.17, 15) is 4.79 Å². The largest absolute Gasteiger partial charge is 0.465 e. The second-order valence-corrected chi connectivity index (χ2v) is 13.1. The zero-order valence-corrected chi connectivity index (χ0v) is 16.1. The van der Waals surface area contributed by atoms with Gasteiger partial charge in [-0.2, -0.15) is 5.10 Å². The Balaban J connectivity index is 2.06. The van der Waals surface area contributed by atoms with Gasteiger partial charge in [-0.25, -0.2) is 4.79 Å². The molecule has 1 heterocycles. The van der Waals surface area contributed by atoms with Crippen LogP contribution >= 0.6 is 11.6 Å². The third kappa shape index (κ3) is 5.69. The molecule has 1 amide bonds. The topological polar surface area (TPSA) is 67.2 Å². The zero-order chi connectivity index (χ0) is 17.7. The van der Waals surface area contributed by atoms with Gasteiger partial charge in [0, 0.05) is 37.9 Å². The van der Waals surface area contributed by atoms with Crippen molar-refractivity contribution < 1.29 is 9.90 Å². The van der Waals surface area contributed by atoms with Gasteiger partial charge in [-0.05, 0) is 30.2 Å². The molecule has 5 nitrogen and oxygen atoms in total. The molecule has 0 aliphatic heterocycles. The molecule has 0 bridgehead atoms. The summed E-state index contributed by atoms with van der Waals surface area (Å²) in [5, 5.41) is 16.2. The summed E-state index contributed by atoms with van der Waals surface area (Å²) < 4.78 is 1.97. The van der Waals surface area contributed by atoms with Crippen LogP contribution in [0.25, 0.3) is 11.3 Å². The van der Waals surface area contributed by atoms with Gasteiger partial charge in [0.05, 0.1) is 5.69 Å². The van der Waals surface area contributed by atoms with Gasteiger partial charge in [-0.1, -0.05) is 43.4 Å². The van der Waals surface area contributed by atoms with E-state index < -0.39 is 14.2 Å². The van der Waals surface area contributed by atoms with Gasteiger partial charge in [0.2, 0.25) is 0 Å². The summed E-state index contributed by atoms with van der Waals surface area (Å²) in [4.78, 5) is 10.6. The molecular formula is C17H24ClN3O2Si. The fourth-order valence-corrected chi connectivity index (χ4v) is 3.86. The Labute approximate surface area is 148 Å². The molecule has 24 heavy (non-hydrogen) atoms. The number of benzene rings is 1. The second-order valence-electron chi connectivity index (χ2n) is 7.09. The van der Waals surface area contributed by atoms with Crippen LogP contribution in [-0.4, -0.2) is 29.1 Å². The van der Waals surface area contributed by atoms with Crippen LogP contribution in [0.1, 0.15) is 12.0 Å². The number of nitrogens with one attached hydrogen (secondary N) is 1. The summed E-state index contributed by atoms with van der Waals surface area (Å²) in [6.07, 6.45) is 2.07. The number of aryl methyl sites for hydroxylation is 1. The fraction of sp³-hybridized carbons (Fsp3) is 0.412. The Hall–Kier alpha value is -1.79. The smallest absolute Gasteiger partial charge is 0.404 e. The van der Waals surface area contributed by atoms with Crippen molar-refractivity contribution in [1.82, 2.24) is 15.1 Å². The summed E-state index contributed by atoms with van der Waals surface area (Å²) in [6.45, 7) is 8.23. The van der Waals surface area contributed by atoms with Crippen molar-refractivity contribution in [2.45, 2.75) is 45.2 Å². The van der Waals surface area contributed by atoms with E-state index in [2.05, 4.69) is 30.1 Å². The number of hydrogen-bond acceptors (Lipinski definition) is 2. The first-order chi connectivity index (χ1) is 11.2. The summed E-state index contributed by atoms with van der Waals surface area (Å²) >= 11 is 6.13. The molecule has 0 saturated heterocycles. The normalized spacial score (nSPS) is 11.5. The predicted molar refractivity (Wildman–Crippen MR) is 100 cm³/mol. The summed E-state index contributed by atoms with van der Waals surface area (Å²) in [5.41, 5.74) is 2.55. The molecule has 130 valence electrons. The Kier molecular flexibility index (Phi) is 6.07. The van der Waals surface area contributed by atoms with Crippen molar-refractivity contribution >= 4 is 25.8 Å². The Bertz CT molecular complexity index is 710. The number of hydrogen-bond donors (Lipinski definition) is 2. The van der Waals surface area contributed by atoms with Crippen molar-refractivity contribution in [3.8, 4) is 11.3 Å². The Morgan fingerprint density at radius 2 is 2.08 bits per heavy atom. The van der Waals surface area contributed by atoms with E-state index in [0.717, 1.165) is 29.8 Å². The van der Waals surface area contributed by atoms with Crippen LogP contribution in [0, 0.1) is 0 Å². The maximum atomic E-state index is 10.6. The highest BCUT2D eigenvalue weighted by Crippen LogP contribution is 2.24. The van der Waals surface area contributed by atoms with Gasteiger partial charge in [-0.3, -0.25) is 4.68 Å². The van der Waals surface area contributed by atoms with Crippen molar-refractivity contribution in [1.29, 1.82) is 0 Å². The maximum Gasteiger partial charge on any atom is 0.404 e. The molecule has 2 rings (SSSR count). The minimum atomic E-state index is -1.07. The average Bonchev–Trinajstić information content (AvgIpc) is 2.94. The van der Waals surface area contributed by atoms with Crippen LogP contribution in [0.5, 0.6) is 0 Å². The first-order valence-corrected chi connectivity index (χ1v) is 12.1. The molecule has 0 aliphatic carbocycles. The quantitative estimate of drug-likeness (QED) is 0.699. The number of halogens is 1. The summed E-state index contributed by atoms with van der Waals surface area (Å²) in [6, 6.07) is 8.83. The lowest BCUT2D eigenvalue weighted by atomic mass is 10.1. The van der Waals surface area contributed by atoms with E-state index in [1.54, 1.807) is 6.07 Å². The van der Waals surface area contributed by atoms with Crippen LogP contribution < -0.4 is 5.32 Å². The van der Waals surface area contributed by atoms with Crippen LogP contribution in [0.2, 0.25) is 30.7 Å². The SMILES string of the molecule is C[Si](C)(C)CCCn1ccc(-c2ccc(Cl)c(CNC(=O)O)c2)n1. The molecule has 1 aromatic carbocycles. The van der Waals surface area contributed by atoms with Crippen molar-refractivity contribution in [2.75, 3.05) is 0 Å². The first-order valence-electron chi connectivity index (χ1n) is 8.04. The van der Waals surface area contributed by atoms with Crippen LogP contribution in [0.15, 0.2) is 30.5 Å². The van der Waals surface area contributed by atoms with E-state index >= 15 is 0 Å². The predicted octanol–water partition coefficient (Wildman–Crippen LogP) is 4.70. The van der Waals surface area contributed by atoms with Gasteiger partial charge in [0.15, 0.2) is 0 Å². The average molecular weight is 366 g/mol. The molecule has 0 aliphatic rings. The van der Waals surface area contributed by atoms with E-state index in [0.29, 0.717) is 5.02 Å². The molecule has 0 unspecified atom stereocenters. The maximum absolute atomic E-state index is 10.6. The number of aromatic nitrogens is 2. The van der Waals surface area contributed by atoms with Crippen molar-refractivity contribution in [3.05, 3.63) is 41.0 Å². The lowest BCUT2D eigenvalue weighted by molar-refractivity contribution is 0.194. The zero-order valence-electron chi connectivity index (χ0n) is 14.3. The molecule has 0 atom stereocenters. The standard InChI is InChI=1S/C17H24ClN3O2Si/c1-24(2,3)10-4-8-21-9-7-16(20-21)13-5-6-15(18)14(11-13)12-19-17(22)23/h5-7,9,11,19H,4,8,10,12H2,1-3H3,(H,22,23). The van der Waals surface area contributed by atoms with Crippen molar-refractivity contribution in [2.24, 2.45) is 0 Å². The minimum absolute atomic E-state index is 0.179. The molecule has 7 heteroatoms. The number of amides is 1. The lowest BCUT2D eigenvalue weighted by Gasteiger charge is -2.14.